The molecule has 2 N–H and O–H groups in total. The Morgan fingerprint density at radius 1 is 0.593 bits per heavy atom. The van der Waals surface area contributed by atoms with Gasteiger partial charge in [0.15, 0.2) is 11.6 Å². The van der Waals surface area contributed by atoms with E-state index in [0.29, 0.717) is 17.5 Å². The van der Waals surface area contributed by atoms with Crippen LogP contribution in [0, 0.1) is 0 Å². The van der Waals surface area contributed by atoms with Gasteiger partial charge in [0.1, 0.15) is 0 Å². The van der Waals surface area contributed by atoms with Crippen LogP contribution in [0.15, 0.2) is 72.8 Å². The zero-order chi connectivity index (χ0) is 19.8. The lowest BCUT2D eigenvalue weighted by molar-refractivity contribution is -0.132. The van der Waals surface area contributed by atoms with Gasteiger partial charge in [-0.15, -0.1) is 0 Å². The topological polar surface area (TPSA) is 109 Å². The molecule has 0 aliphatic carbocycles. The van der Waals surface area contributed by atoms with Gasteiger partial charge in [0.05, 0.1) is 0 Å². The van der Waals surface area contributed by atoms with Crippen molar-refractivity contribution in [2.75, 3.05) is 0 Å². The second-order valence-corrected chi connectivity index (χ2v) is 5.64. The Labute approximate surface area is 155 Å². The van der Waals surface area contributed by atoms with Crippen LogP contribution in [-0.4, -0.2) is 33.7 Å². The molecule has 0 aliphatic rings. The first-order valence-electron chi connectivity index (χ1n) is 7.93. The number of hydrogen-bond donors (Lipinski definition) is 2. The van der Waals surface area contributed by atoms with E-state index in [1.54, 1.807) is 48.5 Å². The van der Waals surface area contributed by atoms with Crippen molar-refractivity contribution in [2.45, 2.75) is 6.42 Å². The number of aliphatic carboxylic acids is 2. The molecule has 0 saturated heterocycles. The van der Waals surface area contributed by atoms with Crippen molar-refractivity contribution >= 4 is 23.5 Å². The maximum Gasteiger partial charge on any atom is 0.328 e. The Morgan fingerprint density at radius 2 is 0.926 bits per heavy atom. The highest BCUT2D eigenvalue weighted by Gasteiger charge is 2.05. The number of ketones is 2. The summed E-state index contributed by atoms with van der Waals surface area (Å²) in [7, 11) is 0. The summed E-state index contributed by atoms with van der Waals surface area (Å²) in [5.41, 5.74) is 2.67. The minimum atomic E-state index is -1.18. The Balaban J connectivity index is 2.03. The van der Waals surface area contributed by atoms with Gasteiger partial charge in [-0.05, 0) is 29.7 Å². The van der Waals surface area contributed by atoms with Crippen molar-refractivity contribution in [1.29, 1.82) is 0 Å². The molecule has 0 atom stereocenters. The Bertz CT molecular complexity index is 841. The molecule has 0 amide bonds. The summed E-state index contributed by atoms with van der Waals surface area (Å²) in [6.07, 6.45) is 4.19. The fourth-order valence-electron chi connectivity index (χ4n) is 2.30. The highest BCUT2D eigenvalue weighted by molar-refractivity contribution is 6.07. The van der Waals surface area contributed by atoms with Crippen molar-refractivity contribution < 1.29 is 29.4 Å². The summed E-state index contributed by atoms with van der Waals surface area (Å²) in [6.45, 7) is 0. The monoisotopic (exact) mass is 364 g/mol. The lowest BCUT2D eigenvalue weighted by atomic mass is 10.0. The summed E-state index contributed by atoms with van der Waals surface area (Å²) in [5.74, 6) is -3.14. The largest absolute Gasteiger partial charge is 0.478 e. The summed E-state index contributed by atoms with van der Waals surface area (Å²) in [4.78, 5) is 44.5. The van der Waals surface area contributed by atoms with Crippen LogP contribution in [-0.2, 0) is 16.0 Å². The predicted molar refractivity (Wildman–Crippen MR) is 97.9 cm³/mol. The lowest BCUT2D eigenvalue weighted by Crippen LogP contribution is -1.98. The first-order chi connectivity index (χ1) is 12.8. The maximum absolute atomic E-state index is 11.8. The average Bonchev–Trinajstić information content (AvgIpc) is 2.65. The van der Waals surface area contributed by atoms with E-state index in [2.05, 4.69) is 0 Å². The fourth-order valence-corrected chi connectivity index (χ4v) is 2.30. The fraction of sp³-hybridized carbons (Fsp3) is 0.0476. The quantitative estimate of drug-likeness (QED) is 0.551. The molecular formula is C21H16O6. The molecule has 27 heavy (non-hydrogen) atoms. The van der Waals surface area contributed by atoms with Crippen LogP contribution in [0.25, 0.3) is 0 Å². The van der Waals surface area contributed by atoms with Crippen LogP contribution in [0.3, 0.4) is 0 Å². The van der Waals surface area contributed by atoms with E-state index in [9.17, 15) is 19.2 Å². The van der Waals surface area contributed by atoms with Crippen molar-refractivity contribution in [3.8, 4) is 0 Å². The first kappa shape index (κ1) is 19.5. The van der Waals surface area contributed by atoms with Crippen LogP contribution >= 0.6 is 0 Å². The van der Waals surface area contributed by atoms with E-state index >= 15 is 0 Å². The summed E-state index contributed by atoms with van der Waals surface area (Å²) >= 11 is 0. The van der Waals surface area contributed by atoms with E-state index < -0.39 is 11.9 Å². The van der Waals surface area contributed by atoms with Crippen LogP contribution < -0.4 is 0 Å². The van der Waals surface area contributed by atoms with Gasteiger partial charge >= 0.3 is 11.9 Å². The molecule has 0 fully saturated rings. The number of benzene rings is 2. The van der Waals surface area contributed by atoms with E-state index in [-0.39, 0.29) is 11.6 Å². The normalized spacial score (nSPS) is 11.0. The molecule has 2 rings (SSSR count). The third-order valence-electron chi connectivity index (χ3n) is 3.64. The smallest absolute Gasteiger partial charge is 0.328 e. The molecule has 0 radical (unpaired) electrons. The van der Waals surface area contributed by atoms with Gasteiger partial charge in [-0.2, -0.15) is 0 Å². The van der Waals surface area contributed by atoms with Gasteiger partial charge in [-0.25, -0.2) is 9.59 Å². The zero-order valence-electron chi connectivity index (χ0n) is 14.2. The van der Waals surface area contributed by atoms with Crippen molar-refractivity contribution in [2.24, 2.45) is 0 Å². The number of allylic oxidation sites excluding steroid dienone is 2. The number of carbonyl (C=O) groups excluding carboxylic acids is 2. The van der Waals surface area contributed by atoms with E-state index in [1.165, 1.54) is 0 Å². The molecular weight excluding hydrogens is 348 g/mol. The SMILES string of the molecule is O=C(O)/C=C/C(=O)c1ccc(Cc2ccc(C(=O)/C=C/C(=O)O)cc2)cc1. The molecule has 0 aromatic heterocycles. The van der Waals surface area contributed by atoms with Crippen LogP contribution in [0.2, 0.25) is 0 Å². The van der Waals surface area contributed by atoms with E-state index in [4.69, 9.17) is 10.2 Å². The van der Waals surface area contributed by atoms with Crippen LogP contribution in [0.4, 0.5) is 0 Å². The molecule has 2 aromatic carbocycles. The molecule has 0 heterocycles. The summed E-state index contributed by atoms with van der Waals surface area (Å²) in [6, 6.07) is 13.6. The summed E-state index contributed by atoms with van der Waals surface area (Å²) in [5, 5.41) is 17.1. The third kappa shape index (κ3) is 6.21. The highest BCUT2D eigenvalue weighted by atomic mass is 16.4. The van der Waals surface area contributed by atoms with Gasteiger partial charge in [0, 0.05) is 23.3 Å². The molecule has 6 heteroatoms. The standard InChI is InChI=1S/C21H16O6/c22-18(9-11-20(24)25)16-5-1-14(2-6-16)13-15-3-7-17(8-4-15)19(23)10-12-21(26)27/h1-12H,13H2,(H,24,25)(H,26,27)/b11-9+,12-10+. The minimum Gasteiger partial charge on any atom is -0.478 e. The Morgan fingerprint density at radius 3 is 1.22 bits per heavy atom. The lowest BCUT2D eigenvalue weighted by Gasteiger charge is -2.04. The van der Waals surface area contributed by atoms with Gasteiger partial charge in [-0.1, -0.05) is 48.5 Å². The van der Waals surface area contributed by atoms with Gasteiger partial charge in [0.25, 0.3) is 0 Å². The van der Waals surface area contributed by atoms with Gasteiger partial charge in [-0.3, -0.25) is 9.59 Å². The average molecular weight is 364 g/mol. The van der Waals surface area contributed by atoms with Crippen LogP contribution in [0.1, 0.15) is 31.8 Å². The van der Waals surface area contributed by atoms with Crippen molar-refractivity contribution in [3.05, 3.63) is 95.1 Å². The first-order valence-corrected chi connectivity index (χ1v) is 7.93. The third-order valence-corrected chi connectivity index (χ3v) is 3.64. The van der Waals surface area contributed by atoms with Gasteiger partial charge in [0.2, 0.25) is 0 Å². The number of carboxylic acid groups (broad SMARTS) is 2. The predicted octanol–water partition coefficient (Wildman–Crippen LogP) is 2.92. The molecule has 0 bridgehead atoms. The zero-order valence-corrected chi connectivity index (χ0v) is 14.2. The maximum atomic E-state index is 11.8. The molecule has 2 aromatic rings. The number of hydrogen-bond acceptors (Lipinski definition) is 4. The van der Waals surface area contributed by atoms with Gasteiger partial charge < -0.3 is 10.2 Å². The summed E-state index contributed by atoms with van der Waals surface area (Å²) < 4.78 is 0. The molecule has 0 aliphatic heterocycles. The number of rotatable bonds is 8. The molecule has 0 unspecified atom stereocenters. The molecule has 0 spiro atoms. The highest BCUT2D eigenvalue weighted by Crippen LogP contribution is 2.13. The Hall–Kier alpha value is -3.80. The van der Waals surface area contributed by atoms with Crippen molar-refractivity contribution in [1.82, 2.24) is 0 Å². The van der Waals surface area contributed by atoms with E-state index in [1.807, 2.05) is 0 Å². The minimum absolute atomic E-state index is 0.388. The Kier molecular flexibility index (Phi) is 6.55. The molecule has 6 nitrogen and oxygen atoms in total. The molecule has 136 valence electrons. The number of carbonyl (C=O) groups is 4. The second kappa shape index (κ2) is 9.05. The molecule has 0 saturated carbocycles. The number of carboxylic acids is 2. The second-order valence-electron chi connectivity index (χ2n) is 5.64. The van der Waals surface area contributed by atoms with E-state index in [0.717, 1.165) is 35.4 Å². The van der Waals surface area contributed by atoms with Crippen molar-refractivity contribution in [3.63, 3.8) is 0 Å². The van der Waals surface area contributed by atoms with Crippen LogP contribution in [0.5, 0.6) is 0 Å².